The maximum absolute atomic E-state index is 12.7. The third-order valence-corrected chi connectivity index (χ3v) is 6.81. The number of thiazole rings is 1. The van der Waals surface area contributed by atoms with Crippen LogP contribution in [0.1, 0.15) is 41.6 Å². The second-order valence-corrected chi connectivity index (χ2v) is 9.32. The van der Waals surface area contributed by atoms with Crippen LogP contribution in [0.15, 0.2) is 67.1 Å². The molecule has 6 nitrogen and oxygen atoms in total. The molecule has 0 spiro atoms. The van der Waals surface area contributed by atoms with E-state index in [0.29, 0.717) is 16.7 Å². The van der Waals surface area contributed by atoms with Crippen molar-refractivity contribution >= 4 is 28.2 Å². The van der Waals surface area contributed by atoms with Crippen molar-refractivity contribution in [2.45, 2.75) is 38.6 Å². The van der Waals surface area contributed by atoms with E-state index in [1.165, 1.54) is 37.0 Å². The van der Waals surface area contributed by atoms with E-state index in [2.05, 4.69) is 51.8 Å². The molecule has 2 N–H and O–H groups in total. The number of aryl methyl sites for hydroxylation is 1. The highest BCUT2D eigenvalue weighted by molar-refractivity contribution is 7.19. The van der Waals surface area contributed by atoms with Gasteiger partial charge in [0.05, 0.1) is 16.1 Å². The second-order valence-electron chi connectivity index (χ2n) is 8.32. The van der Waals surface area contributed by atoms with Crippen LogP contribution in [-0.4, -0.2) is 26.9 Å². The fraction of sp³-hybridized carbons (Fsp3) is 0.231. The van der Waals surface area contributed by atoms with Gasteiger partial charge in [-0.05, 0) is 55.7 Å². The van der Waals surface area contributed by atoms with Crippen LogP contribution in [0.2, 0.25) is 0 Å². The standard InChI is InChI=1S/C26H25N5OS/c1-17-6-4-7-18(14-17)23-24(19-11-13-28-22(15-19)29-21-9-2-3-10-21)33-26(30-23)31-25(32)20-8-5-12-27-16-20/h4-8,11-16,21H,2-3,9-10H2,1H3,(H,28,29)(H,30,31,32). The molecule has 3 aromatic heterocycles. The topological polar surface area (TPSA) is 79.8 Å². The highest BCUT2D eigenvalue weighted by Gasteiger charge is 2.19. The van der Waals surface area contributed by atoms with Gasteiger partial charge in [0.15, 0.2) is 5.13 Å². The molecule has 1 fully saturated rings. The van der Waals surface area contributed by atoms with Gasteiger partial charge < -0.3 is 5.32 Å². The molecule has 3 heterocycles. The van der Waals surface area contributed by atoms with E-state index in [1.54, 1.807) is 24.5 Å². The maximum atomic E-state index is 12.7. The number of carbonyl (C=O) groups is 1. The van der Waals surface area contributed by atoms with Gasteiger partial charge in [-0.2, -0.15) is 0 Å². The Kier molecular flexibility index (Phi) is 6.13. The van der Waals surface area contributed by atoms with Crippen molar-refractivity contribution in [2.75, 3.05) is 10.6 Å². The molecule has 4 aromatic rings. The van der Waals surface area contributed by atoms with E-state index in [-0.39, 0.29) is 5.91 Å². The molecule has 0 bridgehead atoms. The van der Waals surface area contributed by atoms with Crippen molar-refractivity contribution in [2.24, 2.45) is 0 Å². The average molecular weight is 456 g/mol. The Bertz CT molecular complexity index is 1260. The number of aromatic nitrogens is 3. The molecule has 33 heavy (non-hydrogen) atoms. The van der Waals surface area contributed by atoms with E-state index in [9.17, 15) is 4.79 Å². The zero-order valence-corrected chi connectivity index (χ0v) is 19.2. The summed E-state index contributed by atoms with van der Waals surface area (Å²) in [5.41, 5.74) is 4.55. The Morgan fingerprint density at radius 3 is 2.70 bits per heavy atom. The molecule has 1 aliphatic rings. The number of pyridine rings is 2. The minimum atomic E-state index is -0.225. The molecule has 7 heteroatoms. The van der Waals surface area contributed by atoms with Crippen LogP contribution in [0, 0.1) is 6.92 Å². The van der Waals surface area contributed by atoms with Gasteiger partial charge in [0.25, 0.3) is 5.91 Å². The van der Waals surface area contributed by atoms with Crippen molar-refractivity contribution in [3.63, 3.8) is 0 Å². The van der Waals surface area contributed by atoms with Gasteiger partial charge in [-0.25, -0.2) is 9.97 Å². The molecule has 0 aliphatic heterocycles. The van der Waals surface area contributed by atoms with Crippen LogP contribution < -0.4 is 10.6 Å². The minimum absolute atomic E-state index is 0.225. The molecule has 1 aliphatic carbocycles. The van der Waals surface area contributed by atoms with Crippen LogP contribution in [-0.2, 0) is 0 Å². The predicted octanol–water partition coefficient (Wildman–Crippen LogP) is 6.18. The van der Waals surface area contributed by atoms with E-state index in [1.807, 2.05) is 18.3 Å². The number of carbonyl (C=O) groups excluding carboxylic acids is 1. The lowest BCUT2D eigenvalue weighted by Gasteiger charge is -2.13. The Morgan fingerprint density at radius 2 is 1.91 bits per heavy atom. The summed E-state index contributed by atoms with van der Waals surface area (Å²) in [5, 5.41) is 7.07. The number of anilines is 2. The highest BCUT2D eigenvalue weighted by atomic mass is 32.1. The first-order chi connectivity index (χ1) is 16.2. The van der Waals surface area contributed by atoms with Crippen LogP contribution in [0.4, 0.5) is 10.9 Å². The Labute approximate surface area is 197 Å². The van der Waals surface area contributed by atoms with E-state index in [0.717, 1.165) is 33.1 Å². The van der Waals surface area contributed by atoms with Gasteiger partial charge >= 0.3 is 0 Å². The number of nitrogens with zero attached hydrogens (tertiary/aromatic N) is 3. The molecule has 0 atom stereocenters. The normalized spacial score (nSPS) is 13.7. The molecule has 0 radical (unpaired) electrons. The summed E-state index contributed by atoms with van der Waals surface area (Å²) in [7, 11) is 0. The Balaban J connectivity index is 1.50. The summed E-state index contributed by atoms with van der Waals surface area (Å²) in [6.45, 7) is 2.07. The fourth-order valence-corrected chi connectivity index (χ4v) is 5.13. The lowest BCUT2D eigenvalue weighted by molar-refractivity contribution is 0.102. The second kappa shape index (κ2) is 9.50. The van der Waals surface area contributed by atoms with Gasteiger partial charge in [0.1, 0.15) is 5.82 Å². The zero-order chi connectivity index (χ0) is 22.6. The van der Waals surface area contributed by atoms with E-state index < -0.39 is 0 Å². The van der Waals surface area contributed by atoms with Crippen LogP contribution in [0.5, 0.6) is 0 Å². The summed E-state index contributed by atoms with van der Waals surface area (Å²) in [6.07, 6.45) is 9.94. The van der Waals surface area contributed by atoms with Crippen molar-refractivity contribution in [3.05, 3.63) is 78.2 Å². The third kappa shape index (κ3) is 4.93. The smallest absolute Gasteiger partial charge is 0.259 e. The van der Waals surface area contributed by atoms with Crippen molar-refractivity contribution in [3.8, 4) is 21.7 Å². The molecule has 166 valence electrons. The van der Waals surface area contributed by atoms with Crippen LogP contribution in [0.3, 0.4) is 0 Å². The van der Waals surface area contributed by atoms with Gasteiger partial charge in [-0.1, -0.05) is 47.9 Å². The van der Waals surface area contributed by atoms with Gasteiger partial charge in [-0.3, -0.25) is 15.1 Å². The number of amides is 1. The van der Waals surface area contributed by atoms with Crippen molar-refractivity contribution in [1.82, 2.24) is 15.0 Å². The summed E-state index contributed by atoms with van der Waals surface area (Å²) >= 11 is 1.47. The van der Waals surface area contributed by atoms with Gasteiger partial charge in [-0.15, -0.1) is 0 Å². The number of hydrogen-bond donors (Lipinski definition) is 2. The average Bonchev–Trinajstić information content (AvgIpc) is 3.50. The third-order valence-electron chi connectivity index (χ3n) is 5.79. The van der Waals surface area contributed by atoms with Crippen molar-refractivity contribution in [1.29, 1.82) is 0 Å². The first kappa shape index (κ1) is 21.3. The molecular weight excluding hydrogens is 430 g/mol. The first-order valence-corrected chi connectivity index (χ1v) is 12.0. The molecule has 1 amide bonds. The fourth-order valence-electron chi connectivity index (χ4n) is 4.15. The Morgan fingerprint density at radius 1 is 1.03 bits per heavy atom. The zero-order valence-electron chi connectivity index (χ0n) is 18.4. The SMILES string of the molecule is Cc1cccc(-c2nc(NC(=O)c3cccnc3)sc2-c2ccnc(NC3CCCC3)c2)c1. The molecule has 0 unspecified atom stereocenters. The van der Waals surface area contributed by atoms with E-state index in [4.69, 9.17) is 4.98 Å². The summed E-state index contributed by atoms with van der Waals surface area (Å²) < 4.78 is 0. The monoisotopic (exact) mass is 455 g/mol. The largest absolute Gasteiger partial charge is 0.367 e. The maximum Gasteiger partial charge on any atom is 0.259 e. The number of benzene rings is 1. The van der Waals surface area contributed by atoms with Crippen LogP contribution >= 0.6 is 11.3 Å². The lowest BCUT2D eigenvalue weighted by atomic mass is 10.1. The molecule has 1 aromatic carbocycles. The van der Waals surface area contributed by atoms with Gasteiger partial charge in [0, 0.05) is 30.2 Å². The molecule has 5 rings (SSSR count). The number of nitrogens with one attached hydrogen (secondary N) is 2. The molecule has 0 saturated heterocycles. The predicted molar refractivity (Wildman–Crippen MR) is 134 cm³/mol. The van der Waals surface area contributed by atoms with Gasteiger partial charge in [0.2, 0.25) is 0 Å². The first-order valence-electron chi connectivity index (χ1n) is 11.2. The van der Waals surface area contributed by atoms with E-state index >= 15 is 0 Å². The minimum Gasteiger partial charge on any atom is -0.367 e. The number of hydrogen-bond acceptors (Lipinski definition) is 6. The summed E-state index contributed by atoms with van der Waals surface area (Å²) in [6, 6.07) is 16.3. The summed E-state index contributed by atoms with van der Waals surface area (Å²) in [5.74, 6) is 0.654. The summed E-state index contributed by atoms with van der Waals surface area (Å²) in [4.78, 5) is 27.1. The van der Waals surface area contributed by atoms with Crippen molar-refractivity contribution < 1.29 is 4.79 Å². The molecular formula is C26H25N5OS. The lowest BCUT2D eigenvalue weighted by Crippen LogP contribution is -2.15. The van der Waals surface area contributed by atoms with Crippen LogP contribution in [0.25, 0.3) is 21.7 Å². The molecule has 1 saturated carbocycles. The highest BCUT2D eigenvalue weighted by Crippen LogP contribution is 2.40. The quantitative estimate of drug-likeness (QED) is 0.363. The Hall–Kier alpha value is -3.58. The number of rotatable bonds is 6.